The zero-order chi connectivity index (χ0) is 24.8. The highest BCUT2D eigenvalue weighted by Gasteiger charge is 2.29. The van der Waals surface area contributed by atoms with Gasteiger partial charge in [-0.15, -0.1) is 0 Å². The average molecular weight is 525 g/mol. The Labute approximate surface area is 211 Å². The maximum absolute atomic E-state index is 14.2. The lowest BCUT2D eigenvalue weighted by Crippen LogP contribution is -2.43. The summed E-state index contributed by atoms with van der Waals surface area (Å²) in [5.74, 6) is -1.01. The van der Waals surface area contributed by atoms with Crippen LogP contribution in [-0.2, 0) is 38.2 Å². The minimum atomic E-state index is -3.91. The molecule has 1 aromatic heterocycles. The van der Waals surface area contributed by atoms with E-state index in [0.29, 0.717) is 43.6 Å². The highest BCUT2D eigenvalue weighted by molar-refractivity contribution is 7.90. The lowest BCUT2D eigenvalue weighted by molar-refractivity contribution is 0.0862. The van der Waals surface area contributed by atoms with E-state index < -0.39 is 21.4 Å². The summed E-state index contributed by atoms with van der Waals surface area (Å²) in [6.45, 7) is 5.39. The molecule has 192 valence electrons. The van der Waals surface area contributed by atoms with Crippen LogP contribution in [0.15, 0.2) is 35.6 Å². The van der Waals surface area contributed by atoms with Gasteiger partial charge in [0.2, 0.25) is 15.0 Å². The Morgan fingerprint density at radius 1 is 1.23 bits per heavy atom. The van der Waals surface area contributed by atoms with Crippen molar-refractivity contribution >= 4 is 27.2 Å². The number of benzene rings is 1. The van der Waals surface area contributed by atoms with Crippen molar-refractivity contribution in [1.29, 1.82) is 0 Å². The van der Waals surface area contributed by atoms with E-state index in [1.807, 2.05) is 11.8 Å². The van der Waals surface area contributed by atoms with Gasteiger partial charge in [0.1, 0.15) is 5.82 Å². The number of halogens is 1. The van der Waals surface area contributed by atoms with Crippen LogP contribution in [0.3, 0.4) is 0 Å². The Kier molecular flexibility index (Phi) is 8.74. The van der Waals surface area contributed by atoms with E-state index in [4.69, 9.17) is 21.7 Å². The summed E-state index contributed by atoms with van der Waals surface area (Å²) in [6, 6.07) is 5.92. The molecule has 1 aromatic carbocycles. The first-order chi connectivity index (χ1) is 16.9. The molecular weight excluding hydrogens is 491 g/mol. The minimum absolute atomic E-state index is 0.0716. The van der Waals surface area contributed by atoms with E-state index in [1.165, 1.54) is 18.2 Å². The van der Waals surface area contributed by atoms with E-state index in [-0.39, 0.29) is 22.9 Å². The smallest absolute Gasteiger partial charge is 0.228 e. The van der Waals surface area contributed by atoms with Crippen LogP contribution in [0.5, 0.6) is 0 Å². The molecule has 2 aliphatic rings. The van der Waals surface area contributed by atoms with Gasteiger partial charge in [0, 0.05) is 31.9 Å². The van der Waals surface area contributed by atoms with Crippen LogP contribution in [0.25, 0.3) is 0 Å². The summed E-state index contributed by atoms with van der Waals surface area (Å²) in [6.07, 6.45) is 5.31. The molecule has 2 fully saturated rings. The molecule has 35 heavy (non-hydrogen) atoms. The predicted molar refractivity (Wildman–Crippen MR) is 134 cm³/mol. The van der Waals surface area contributed by atoms with Crippen LogP contribution >= 0.6 is 12.2 Å². The number of sulfone groups is 1. The van der Waals surface area contributed by atoms with E-state index in [0.717, 1.165) is 32.3 Å². The van der Waals surface area contributed by atoms with Crippen molar-refractivity contribution in [2.24, 2.45) is 0 Å². The van der Waals surface area contributed by atoms with Gasteiger partial charge in [-0.1, -0.05) is 18.2 Å². The van der Waals surface area contributed by atoms with E-state index >= 15 is 0 Å². The van der Waals surface area contributed by atoms with Gasteiger partial charge in [0.05, 0.1) is 42.9 Å². The molecule has 8 nitrogen and oxygen atoms in total. The fourth-order valence-electron chi connectivity index (χ4n) is 4.55. The molecule has 2 saturated heterocycles. The number of nitrogens with zero attached hydrogens (tertiary/aromatic N) is 3. The maximum atomic E-state index is 14.2. The van der Waals surface area contributed by atoms with Crippen LogP contribution in [0, 0.1) is 5.82 Å². The molecule has 0 spiro atoms. The molecule has 1 N–H and O–H groups in total. The number of rotatable bonds is 10. The first kappa shape index (κ1) is 26.0. The Balaban J connectivity index is 1.64. The summed E-state index contributed by atoms with van der Waals surface area (Å²) in [5, 5.41) is 3.71. The van der Waals surface area contributed by atoms with E-state index in [1.54, 1.807) is 16.8 Å². The van der Waals surface area contributed by atoms with Gasteiger partial charge in [-0.3, -0.25) is 0 Å². The van der Waals surface area contributed by atoms with Gasteiger partial charge < -0.3 is 24.3 Å². The summed E-state index contributed by atoms with van der Waals surface area (Å²) < 4.78 is 54.4. The minimum Gasteiger partial charge on any atom is -0.376 e. The van der Waals surface area contributed by atoms with Crippen LogP contribution in [-0.4, -0.2) is 66.5 Å². The molecule has 11 heteroatoms. The van der Waals surface area contributed by atoms with E-state index in [9.17, 15) is 12.8 Å². The van der Waals surface area contributed by atoms with Crippen LogP contribution in [0.4, 0.5) is 4.39 Å². The Hall–Kier alpha value is -2.08. The Morgan fingerprint density at radius 2 is 1.94 bits per heavy atom. The fourth-order valence-corrected chi connectivity index (χ4v) is 6.35. The first-order valence-corrected chi connectivity index (χ1v) is 14.2. The van der Waals surface area contributed by atoms with Gasteiger partial charge in [-0.05, 0) is 50.9 Å². The second kappa shape index (κ2) is 11.8. The van der Waals surface area contributed by atoms with E-state index in [2.05, 4.69) is 10.3 Å². The van der Waals surface area contributed by atoms with Gasteiger partial charge >= 0.3 is 0 Å². The second-order valence-electron chi connectivity index (χ2n) is 8.98. The molecular formula is C24H33FN4O4S2. The van der Waals surface area contributed by atoms with Crippen molar-refractivity contribution in [2.75, 3.05) is 26.3 Å². The molecule has 2 aliphatic heterocycles. The Morgan fingerprint density at radius 3 is 2.60 bits per heavy atom. The summed E-state index contributed by atoms with van der Waals surface area (Å²) in [5.41, 5.74) is 0.833. The van der Waals surface area contributed by atoms with Crippen molar-refractivity contribution in [3.63, 3.8) is 0 Å². The molecule has 0 bridgehead atoms. The third-order valence-corrected chi connectivity index (χ3v) is 8.29. The summed E-state index contributed by atoms with van der Waals surface area (Å²) >= 11 is 5.62. The standard InChI is InChI=1S/C24H33FN4O4S2/c1-2-26-23(34)28(15-20-8-5-11-32-20)14-19-13-27-24(29(19)16-21-9-6-12-33-21)35(30,31)17-18-7-3-4-10-22(18)25/h3-4,7,10,13,20-21H,2,5-6,8-9,11-12,14-17H2,1H3,(H,26,34)/t20-,21-/m1/s1. The third-order valence-electron chi connectivity index (χ3n) is 6.31. The third kappa shape index (κ3) is 6.58. The average Bonchev–Trinajstić information content (AvgIpc) is 3.59. The quantitative estimate of drug-likeness (QED) is 0.475. The first-order valence-electron chi connectivity index (χ1n) is 12.1. The number of imidazole rings is 1. The highest BCUT2D eigenvalue weighted by Crippen LogP contribution is 2.24. The van der Waals surface area contributed by atoms with Gasteiger partial charge in [-0.2, -0.15) is 0 Å². The van der Waals surface area contributed by atoms with Gasteiger partial charge in [0.15, 0.2) is 5.11 Å². The topological polar surface area (TPSA) is 85.7 Å². The SMILES string of the molecule is CCNC(=S)N(Cc1cnc(S(=O)(=O)Cc2ccccc2F)n1C[C@H]1CCCO1)C[C@H]1CCCO1. The normalized spacial score (nSPS) is 20.3. The Bertz CT molecular complexity index is 1110. The molecule has 0 radical (unpaired) electrons. The zero-order valence-corrected chi connectivity index (χ0v) is 21.6. The van der Waals surface area contributed by atoms with Crippen LogP contribution in [0.2, 0.25) is 0 Å². The largest absolute Gasteiger partial charge is 0.376 e. The van der Waals surface area contributed by atoms with Crippen LogP contribution in [0.1, 0.15) is 43.9 Å². The predicted octanol–water partition coefficient (Wildman–Crippen LogP) is 3.05. The molecule has 0 amide bonds. The molecule has 3 heterocycles. The molecule has 2 aromatic rings. The lowest BCUT2D eigenvalue weighted by Gasteiger charge is -2.28. The number of thiocarbonyl (C=S) groups is 1. The number of hydrogen-bond donors (Lipinski definition) is 1. The molecule has 0 aliphatic carbocycles. The molecule has 2 atom stereocenters. The van der Waals surface area contributed by atoms with Gasteiger partial charge in [-0.25, -0.2) is 17.8 Å². The molecule has 0 saturated carbocycles. The van der Waals surface area contributed by atoms with Crippen molar-refractivity contribution in [3.8, 4) is 0 Å². The van der Waals surface area contributed by atoms with Gasteiger partial charge in [0.25, 0.3) is 0 Å². The number of nitrogens with one attached hydrogen (secondary N) is 1. The van der Waals surface area contributed by atoms with Crippen LogP contribution < -0.4 is 5.32 Å². The number of ether oxygens (including phenoxy) is 2. The summed E-state index contributed by atoms with van der Waals surface area (Å²) in [4.78, 5) is 6.33. The molecule has 4 rings (SSSR count). The zero-order valence-electron chi connectivity index (χ0n) is 20.0. The van der Waals surface area contributed by atoms with Crippen molar-refractivity contribution < 1.29 is 22.3 Å². The highest BCUT2D eigenvalue weighted by atomic mass is 32.2. The summed E-state index contributed by atoms with van der Waals surface area (Å²) in [7, 11) is -3.91. The number of hydrogen-bond acceptors (Lipinski definition) is 6. The fraction of sp³-hybridized carbons (Fsp3) is 0.583. The maximum Gasteiger partial charge on any atom is 0.228 e. The second-order valence-corrected chi connectivity index (χ2v) is 11.2. The van der Waals surface area contributed by atoms with Crippen molar-refractivity contribution in [2.45, 2.75) is 68.8 Å². The van der Waals surface area contributed by atoms with Crippen molar-refractivity contribution in [1.82, 2.24) is 19.8 Å². The monoisotopic (exact) mass is 524 g/mol. The van der Waals surface area contributed by atoms with Crippen molar-refractivity contribution in [3.05, 3.63) is 47.5 Å². The lowest BCUT2D eigenvalue weighted by atomic mass is 10.2. The number of aromatic nitrogens is 2. The molecule has 0 unspecified atom stereocenters.